The molecule has 1 saturated heterocycles. The zero-order valence-corrected chi connectivity index (χ0v) is 19.0. The first-order valence-electron chi connectivity index (χ1n) is 10.9. The predicted molar refractivity (Wildman–Crippen MR) is 129 cm³/mol. The molecule has 3 N–H and O–H groups in total. The third-order valence-corrected chi connectivity index (χ3v) is 5.65. The van der Waals surface area contributed by atoms with Crippen molar-refractivity contribution >= 4 is 34.6 Å². The van der Waals surface area contributed by atoms with Crippen molar-refractivity contribution in [2.45, 2.75) is 39.2 Å². The normalized spacial score (nSPS) is 14.4. The second kappa shape index (κ2) is 11.1. The molecule has 3 rings (SSSR count). The Kier molecular flexibility index (Phi) is 8.23. The van der Waals surface area contributed by atoms with Gasteiger partial charge in [-0.05, 0) is 73.8 Å². The summed E-state index contributed by atoms with van der Waals surface area (Å²) < 4.78 is 13.0. The molecule has 0 saturated carbocycles. The molecular weight excluding hydrogens is 411 g/mol. The van der Waals surface area contributed by atoms with Crippen molar-refractivity contribution < 1.29 is 9.18 Å². The molecule has 5 nitrogen and oxygen atoms in total. The van der Waals surface area contributed by atoms with Crippen LogP contribution < -0.4 is 20.9 Å². The summed E-state index contributed by atoms with van der Waals surface area (Å²) in [6.45, 7) is 6.67. The second-order valence-corrected chi connectivity index (χ2v) is 8.73. The summed E-state index contributed by atoms with van der Waals surface area (Å²) in [6.07, 6.45) is 2.79. The minimum Gasteiger partial charge on any atom is -0.371 e. The van der Waals surface area contributed by atoms with Crippen LogP contribution in [0.5, 0.6) is 0 Å². The highest BCUT2D eigenvalue weighted by molar-refractivity contribution is 7.80. The average molecular weight is 443 g/mol. The van der Waals surface area contributed by atoms with Gasteiger partial charge in [0.15, 0.2) is 5.11 Å². The number of carbonyl (C=O) groups excluding carboxylic acids is 1. The second-order valence-electron chi connectivity index (χ2n) is 8.32. The van der Waals surface area contributed by atoms with Gasteiger partial charge in [-0.3, -0.25) is 4.79 Å². The van der Waals surface area contributed by atoms with E-state index in [-0.39, 0.29) is 17.8 Å². The Morgan fingerprint density at radius 3 is 2.48 bits per heavy atom. The number of halogens is 1. The summed E-state index contributed by atoms with van der Waals surface area (Å²) in [5.41, 5.74) is 2.47. The van der Waals surface area contributed by atoms with Crippen LogP contribution in [0.15, 0.2) is 48.5 Å². The van der Waals surface area contributed by atoms with Crippen LogP contribution in [0.2, 0.25) is 0 Å². The Bertz CT molecular complexity index is 879. The van der Waals surface area contributed by atoms with Gasteiger partial charge >= 0.3 is 0 Å². The molecule has 0 spiro atoms. The number of nitrogens with one attached hydrogen (secondary N) is 3. The number of thiocarbonyl (C=S) groups is 1. The lowest BCUT2D eigenvalue weighted by atomic mass is 10.0. The predicted octanol–water partition coefficient (Wildman–Crippen LogP) is 4.56. The average Bonchev–Trinajstić information content (AvgIpc) is 2.75. The molecule has 7 heteroatoms. The SMILES string of the molecule is CC(C)CCNC(=O)c1ccccc1N1CCC(NC(=S)Nc2ccc(F)cc2)CC1. The fraction of sp³-hybridized carbons (Fsp3) is 0.417. The fourth-order valence-electron chi connectivity index (χ4n) is 3.66. The number of carbonyl (C=O) groups is 1. The van der Waals surface area contributed by atoms with E-state index in [4.69, 9.17) is 12.2 Å². The molecule has 0 aromatic heterocycles. The number of hydrogen-bond acceptors (Lipinski definition) is 3. The third kappa shape index (κ3) is 6.92. The zero-order chi connectivity index (χ0) is 22.2. The lowest BCUT2D eigenvalue weighted by Gasteiger charge is -2.35. The molecule has 1 fully saturated rings. The molecule has 1 heterocycles. The number of para-hydroxylation sites is 1. The van der Waals surface area contributed by atoms with Crippen LogP contribution in [0.1, 0.15) is 43.5 Å². The Morgan fingerprint density at radius 1 is 1.13 bits per heavy atom. The van der Waals surface area contributed by atoms with E-state index in [2.05, 4.69) is 34.7 Å². The number of benzene rings is 2. The van der Waals surface area contributed by atoms with E-state index in [1.165, 1.54) is 12.1 Å². The van der Waals surface area contributed by atoms with Gasteiger partial charge < -0.3 is 20.9 Å². The molecule has 0 aliphatic carbocycles. The maximum absolute atomic E-state index is 13.0. The first kappa shape index (κ1) is 23.0. The van der Waals surface area contributed by atoms with Crippen molar-refractivity contribution in [1.29, 1.82) is 0 Å². The van der Waals surface area contributed by atoms with Gasteiger partial charge in [0, 0.05) is 37.1 Å². The number of amides is 1. The topological polar surface area (TPSA) is 56.4 Å². The molecule has 166 valence electrons. The van der Waals surface area contributed by atoms with E-state index >= 15 is 0 Å². The van der Waals surface area contributed by atoms with Crippen LogP contribution in [-0.4, -0.2) is 36.7 Å². The third-order valence-electron chi connectivity index (χ3n) is 5.43. The quantitative estimate of drug-likeness (QED) is 0.549. The summed E-state index contributed by atoms with van der Waals surface area (Å²) in [7, 11) is 0. The zero-order valence-electron chi connectivity index (χ0n) is 18.2. The summed E-state index contributed by atoms with van der Waals surface area (Å²) in [4.78, 5) is 15.0. The number of rotatable bonds is 7. The molecule has 1 aliphatic heterocycles. The van der Waals surface area contributed by atoms with Crippen molar-refractivity contribution in [3.63, 3.8) is 0 Å². The van der Waals surface area contributed by atoms with E-state index in [9.17, 15) is 9.18 Å². The minimum atomic E-state index is -0.273. The summed E-state index contributed by atoms with van der Waals surface area (Å²) in [6, 6.07) is 14.2. The minimum absolute atomic E-state index is 0.0128. The van der Waals surface area contributed by atoms with E-state index in [0.29, 0.717) is 17.6 Å². The molecule has 2 aromatic rings. The summed E-state index contributed by atoms with van der Waals surface area (Å²) in [5.74, 6) is 0.276. The van der Waals surface area contributed by atoms with Crippen LogP contribution in [-0.2, 0) is 0 Å². The number of nitrogens with zero attached hydrogens (tertiary/aromatic N) is 1. The lowest BCUT2D eigenvalue weighted by Crippen LogP contribution is -2.46. The van der Waals surface area contributed by atoms with Gasteiger partial charge in [0.05, 0.1) is 5.56 Å². The standard InChI is InChI=1S/C24H31FN4OS/c1-17(2)11-14-26-23(30)21-5-3-4-6-22(21)29-15-12-20(13-16-29)28-24(31)27-19-9-7-18(25)8-10-19/h3-10,17,20H,11-16H2,1-2H3,(H,26,30)(H2,27,28,31). The van der Waals surface area contributed by atoms with Crippen LogP contribution >= 0.6 is 12.2 Å². The van der Waals surface area contributed by atoms with Crippen molar-refractivity contribution in [1.82, 2.24) is 10.6 Å². The monoisotopic (exact) mass is 442 g/mol. The highest BCUT2D eigenvalue weighted by Crippen LogP contribution is 2.24. The smallest absolute Gasteiger partial charge is 0.253 e. The highest BCUT2D eigenvalue weighted by atomic mass is 32.1. The molecule has 1 aliphatic rings. The van der Waals surface area contributed by atoms with Gasteiger partial charge in [-0.2, -0.15) is 0 Å². The molecule has 2 aromatic carbocycles. The molecular formula is C24H31FN4OS. The van der Waals surface area contributed by atoms with Gasteiger partial charge in [0.2, 0.25) is 0 Å². The molecule has 0 radical (unpaired) electrons. The number of piperidine rings is 1. The Morgan fingerprint density at radius 2 is 1.81 bits per heavy atom. The molecule has 1 amide bonds. The maximum atomic E-state index is 13.0. The van der Waals surface area contributed by atoms with Crippen LogP contribution in [0.4, 0.5) is 15.8 Å². The Hall–Kier alpha value is -2.67. The van der Waals surface area contributed by atoms with E-state index in [0.717, 1.165) is 49.3 Å². The number of anilines is 2. The first-order chi connectivity index (χ1) is 14.9. The van der Waals surface area contributed by atoms with Crippen LogP contribution in [0.25, 0.3) is 0 Å². The van der Waals surface area contributed by atoms with Crippen molar-refractivity contribution in [3.8, 4) is 0 Å². The van der Waals surface area contributed by atoms with Gasteiger partial charge in [-0.1, -0.05) is 26.0 Å². The molecule has 0 atom stereocenters. The fourth-order valence-corrected chi connectivity index (χ4v) is 3.95. The molecule has 0 bridgehead atoms. The van der Waals surface area contributed by atoms with Crippen molar-refractivity contribution in [2.24, 2.45) is 5.92 Å². The van der Waals surface area contributed by atoms with Crippen LogP contribution in [0.3, 0.4) is 0 Å². The lowest BCUT2D eigenvalue weighted by molar-refractivity contribution is 0.0952. The highest BCUT2D eigenvalue weighted by Gasteiger charge is 2.23. The van der Waals surface area contributed by atoms with Gasteiger partial charge in [-0.15, -0.1) is 0 Å². The first-order valence-corrected chi connectivity index (χ1v) is 11.3. The summed E-state index contributed by atoms with van der Waals surface area (Å²) >= 11 is 5.40. The molecule has 31 heavy (non-hydrogen) atoms. The van der Waals surface area contributed by atoms with E-state index < -0.39 is 0 Å². The largest absolute Gasteiger partial charge is 0.371 e. The van der Waals surface area contributed by atoms with Crippen molar-refractivity contribution in [3.05, 3.63) is 59.9 Å². The van der Waals surface area contributed by atoms with Gasteiger partial charge in [-0.25, -0.2) is 4.39 Å². The summed E-state index contributed by atoms with van der Waals surface area (Å²) in [5, 5.41) is 10.0. The van der Waals surface area contributed by atoms with E-state index in [1.807, 2.05) is 24.3 Å². The van der Waals surface area contributed by atoms with Crippen molar-refractivity contribution in [2.75, 3.05) is 29.9 Å². The van der Waals surface area contributed by atoms with Crippen LogP contribution in [0, 0.1) is 11.7 Å². The molecule has 0 unspecified atom stereocenters. The van der Waals surface area contributed by atoms with Gasteiger partial charge in [0.25, 0.3) is 5.91 Å². The number of hydrogen-bond donors (Lipinski definition) is 3. The Labute approximate surface area is 189 Å². The Balaban J connectivity index is 1.52. The maximum Gasteiger partial charge on any atom is 0.253 e. The van der Waals surface area contributed by atoms with Gasteiger partial charge in [0.1, 0.15) is 5.82 Å². The van der Waals surface area contributed by atoms with E-state index in [1.54, 1.807) is 12.1 Å².